The van der Waals surface area contributed by atoms with Crippen LogP contribution in [0.5, 0.6) is 0 Å². The van der Waals surface area contributed by atoms with Crippen LogP contribution in [0.2, 0.25) is 0 Å². The van der Waals surface area contributed by atoms with Gasteiger partial charge >= 0.3 is 11.9 Å². The third-order valence-corrected chi connectivity index (χ3v) is 2.64. The Labute approximate surface area is 119 Å². The first-order chi connectivity index (χ1) is 9.17. The Morgan fingerprint density at radius 1 is 1.15 bits per heavy atom. The summed E-state index contributed by atoms with van der Waals surface area (Å²) < 4.78 is 0. The molecular weight excluding hydrogens is 266 g/mol. The summed E-state index contributed by atoms with van der Waals surface area (Å²) in [7, 11) is 1.65. The van der Waals surface area contributed by atoms with E-state index < -0.39 is 30.1 Å². The van der Waals surface area contributed by atoms with Crippen molar-refractivity contribution in [1.29, 1.82) is 0 Å². The highest BCUT2D eigenvalue weighted by Crippen LogP contribution is 1.99. The second-order valence-electron chi connectivity index (χ2n) is 4.76. The van der Waals surface area contributed by atoms with Crippen LogP contribution in [0.4, 0.5) is 0 Å². The zero-order chi connectivity index (χ0) is 16.3. The minimum absolute atomic E-state index is 0.145. The molecule has 0 spiro atoms. The topological polar surface area (TPSA) is 159 Å². The molecule has 0 radical (unpaired) electrons. The molecule has 3 atom stereocenters. The molecule has 0 rings (SSSR count). The monoisotopic (exact) mass is 293 g/mol. The molecule has 0 saturated carbocycles. The first-order valence-electron chi connectivity index (χ1n) is 6.43. The molecule has 8 heteroatoms. The highest BCUT2D eigenvalue weighted by atomic mass is 16.4. The van der Waals surface area contributed by atoms with E-state index in [1.165, 1.54) is 0 Å². The van der Waals surface area contributed by atoms with Crippen LogP contribution in [0.3, 0.4) is 0 Å². The maximum absolute atomic E-state index is 10.3. The number of aliphatic hydroxyl groups excluding tert-OH is 1. The van der Waals surface area contributed by atoms with E-state index in [0.29, 0.717) is 6.42 Å². The maximum Gasteiger partial charge on any atom is 0.320 e. The van der Waals surface area contributed by atoms with Crippen LogP contribution in [-0.2, 0) is 9.59 Å². The number of rotatable bonds is 8. The number of carbonyl (C=O) groups is 2. The average molecular weight is 293 g/mol. The Hall–Kier alpha value is -1.22. The van der Waals surface area contributed by atoms with Crippen molar-refractivity contribution in [2.24, 2.45) is 17.4 Å². The fourth-order valence-electron chi connectivity index (χ4n) is 1.36. The first-order valence-corrected chi connectivity index (χ1v) is 6.43. The van der Waals surface area contributed by atoms with Gasteiger partial charge in [-0.2, -0.15) is 0 Å². The smallest absolute Gasteiger partial charge is 0.320 e. The van der Waals surface area contributed by atoms with Gasteiger partial charge in [-0.1, -0.05) is 13.8 Å². The summed E-state index contributed by atoms with van der Waals surface area (Å²) in [5.74, 6) is -1.69. The van der Waals surface area contributed by atoms with Gasteiger partial charge in [0.05, 0.1) is 6.10 Å². The SMILES string of the molecule is CNC(C(=O)O)C(C)C.NCC(O)CCC(N)C(=O)O. The number of nitrogens with two attached hydrogens (primary N) is 2. The second kappa shape index (κ2) is 11.6. The van der Waals surface area contributed by atoms with Crippen molar-refractivity contribution >= 4 is 11.9 Å². The molecule has 0 fully saturated rings. The molecule has 0 amide bonds. The van der Waals surface area contributed by atoms with E-state index in [0.717, 1.165) is 0 Å². The quantitative estimate of drug-likeness (QED) is 0.326. The number of hydrogen-bond donors (Lipinski definition) is 6. The zero-order valence-electron chi connectivity index (χ0n) is 12.2. The Bertz CT molecular complexity index is 286. The van der Waals surface area contributed by atoms with Crippen LogP contribution in [-0.4, -0.2) is 59.0 Å². The van der Waals surface area contributed by atoms with Gasteiger partial charge in [0, 0.05) is 6.54 Å². The number of aliphatic hydroxyl groups is 1. The van der Waals surface area contributed by atoms with Crippen LogP contribution in [0.25, 0.3) is 0 Å². The molecule has 0 saturated heterocycles. The van der Waals surface area contributed by atoms with E-state index in [1.807, 2.05) is 13.8 Å². The average Bonchev–Trinajstić information content (AvgIpc) is 2.35. The van der Waals surface area contributed by atoms with Crippen LogP contribution >= 0.6 is 0 Å². The van der Waals surface area contributed by atoms with Crippen molar-refractivity contribution in [2.45, 2.75) is 44.9 Å². The molecule has 120 valence electrons. The fourth-order valence-corrected chi connectivity index (χ4v) is 1.36. The Balaban J connectivity index is 0. The van der Waals surface area contributed by atoms with E-state index in [-0.39, 0.29) is 18.9 Å². The van der Waals surface area contributed by atoms with E-state index in [1.54, 1.807) is 7.05 Å². The predicted octanol–water partition coefficient (Wildman–Crippen LogP) is -1.19. The Morgan fingerprint density at radius 2 is 1.65 bits per heavy atom. The van der Waals surface area contributed by atoms with E-state index >= 15 is 0 Å². The van der Waals surface area contributed by atoms with Gasteiger partial charge in [-0.15, -0.1) is 0 Å². The van der Waals surface area contributed by atoms with E-state index in [4.69, 9.17) is 26.8 Å². The van der Waals surface area contributed by atoms with Gasteiger partial charge in [0.25, 0.3) is 0 Å². The lowest BCUT2D eigenvalue weighted by Crippen LogP contribution is -2.38. The molecule has 0 aromatic carbocycles. The molecule has 8 nitrogen and oxygen atoms in total. The maximum atomic E-state index is 10.3. The largest absolute Gasteiger partial charge is 0.480 e. The summed E-state index contributed by atoms with van der Waals surface area (Å²) in [6.07, 6.45) is -0.0436. The van der Waals surface area contributed by atoms with Gasteiger partial charge in [-0.25, -0.2) is 0 Å². The summed E-state index contributed by atoms with van der Waals surface area (Å²) in [6.45, 7) is 3.89. The summed E-state index contributed by atoms with van der Waals surface area (Å²) in [4.78, 5) is 20.5. The van der Waals surface area contributed by atoms with Crippen molar-refractivity contribution in [3.63, 3.8) is 0 Å². The number of carboxylic acid groups (broad SMARTS) is 2. The summed E-state index contributed by atoms with van der Waals surface area (Å²) in [5.41, 5.74) is 10.3. The van der Waals surface area contributed by atoms with Crippen molar-refractivity contribution < 1.29 is 24.9 Å². The molecule has 0 bridgehead atoms. The molecule has 0 aliphatic carbocycles. The standard InChI is InChI=1S/C6H14N2O3.C6H13NO2/c7-3-4(9)1-2-5(8)6(10)11;1-4(2)5(7-3)6(8)9/h4-5,9H,1-3,7-8H2,(H,10,11);4-5,7H,1-3H3,(H,8,9). The van der Waals surface area contributed by atoms with Crippen molar-refractivity contribution in [3.05, 3.63) is 0 Å². The molecule has 0 aromatic heterocycles. The molecule has 20 heavy (non-hydrogen) atoms. The van der Waals surface area contributed by atoms with Crippen LogP contribution < -0.4 is 16.8 Å². The molecule has 8 N–H and O–H groups in total. The lowest BCUT2D eigenvalue weighted by molar-refractivity contribution is -0.140. The highest BCUT2D eigenvalue weighted by Gasteiger charge is 2.17. The van der Waals surface area contributed by atoms with Crippen molar-refractivity contribution in [2.75, 3.05) is 13.6 Å². The summed E-state index contributed by atoms with van der Waals surface area (Å²) in [5, 5.41) is 28.4. The number of likely N-dealkylation sites (N-methyl/N-ethyl adjacent to an activating group) is 1. The summed E-state index contributed by atoms with van der Waals surface area (Å²) in [6, 6.07) is -1.30. The first kappa shape index (κ1) is 21.1. The number of carboxylic acids is 2. The normalized spacial score (nSPS) is 14.9. The lowest BCUT2D eigenvalue weighted by atomic mass is 10.1. The van der Waals surface area contributed by atoms with Gasteiger partial charge < -0.3 is 32.1 Å². The van der Waals surface area contributed by atoms with Gasteiger partial charge in [-0.05, 0) is 25.8 Å². The van der Waals surface area contributed by atoms with Gasteiger partial charge in [0.15, 0.2) is 0 Å². The van der Waals surface area contributed by atoms with Crippen LogP contribution in [0, 0.1) is 5.92 Å². The second-order valence-corrected chi connectivity index (χ2v) is 4.76. The van der Waals surface area contributed by atoms with E-state index in [2.05, 4.69) is 5.32 Å². The zero-order valence-corrected chi connectivity index (χ0v) is 12.2. The highest BCUT2D eigenvalue weighted by molar-refractivity contribution is 5.73. The Kier molecular flexibility index (Phi) is 12.2. The molecule has 0 aromatic rings. The van der Waals surface area contributed by atoms with Gasteiger partial charge in [-0.3, -0.25) is 9.59 Å². The molecular formula is C12H27N3O5. The number of nitrogens with one attached hydrogen (secondary N) is 1. The Morgan fingerprint density at radius 3 is 1.85 bits per heavy atom. The molecule has 3 unspecified atom stereocenters. The third kappa shape index (κ3) is 10.7. The third-order valence-electron chi connectivity index (χ3n) is 2.64. The fraction of sp³-hybridized carbons (Fsp3) is 0.833. The number of aliphatic carboxylic acids is 2. The van der Waals surface area contributed by atoms with Crippen LogP contribution in [0.15, 0.2) is 0 Å². The van der Waals surface area contributed by atoms with Gasteiger partial charge in [0.1, 0.15) is 12.1 Å². The summed E-state index contributed by atoms with van der Waals surface area (Å²) >= 11 is 0. The molecule has 0 aliphatic rings. The molecule has 0 heterocycles. The van der Waals surface area contributed by atoms with Crippen molar-refractivity contribution in [1.82, 2.24) is 5.32 Å². The van der Waals surface area contributed by atoms with Crippen LogP contribution in [0.1, 0.15) is 26.7 Å². The van der Waals surface area contributed by atoms with Gasteiger partial charge in [0.2, 0.25) is 0 Å². The lowest BCUT2D eigenvalue weighted by Gasteiger charge is -2.13. The minimum atomic E-state index is -1.05. The molecule has 0 aliphatic heterocycles. The predicted molar refractivity (Wildman–Crippen MR) is 75.2 cm³/mol. The van der Waals surface area contributed by atoms with E-state index in [9.17, 15) is 9.59 Å². The number of hydrogen-bond acceptors (Lipinski definition) is 6. The van der Waals surface area contributed by atoms with Crippen molar-refractivity contribution in [3.8, 4) is 0 Å². The minimum Gasteiger partial charge on any atom is -0.480 e.